The molecule has 6 nitrogen and oxygen atoms in total. The lowest BCUT2D eigenvalue weighted by Gasteiger charge is -2.18. The zero-order valence-electron chi connectivity index (χ0n) is 10.1. The Morgan fingerprint density at radius 2 is 2.12 bits per heavy atom. The molecule has 1 fully saturated rings. The fourth-order valence-corrected chi connectivity index (χ4v) is 1.77. The molecule has 0 aromatic rings. The van der Waals surface area contributed by atoms with Crippen LogP contribution < -0.4 is 0 Å². The number of ether oxygens (including phenoxy) is 2. The van der Waals surface area contributed by atoms with Gasteiger partial charge in [-0.1, -0.05) is 0 Å². The summed E-state index contributed by atoms with van der Waals surface area (Å²) >= 11 is 0. The van der Waals surface area contributed by atoms with Crippen molar-refractivity contribution in [2.45, 2.75) is 19.8 Å². The first-order valence-electron chi connectivity index (χ1n) is 5.62. The van der Waals surface area contributed by atoms with Crippen LogP contribution in [0.3, 0.4) is 0 Å². The highest BCUT2D eigenvalue weighted by atomic mass is 16.6. The van der Waals surface area contributed by atoms with E-state index >= 15 is 0 Å². The Bertz CT molecular complexity index is 315. The minimum Gasteiger partial charge on any atom is -0.468 e. The number of amides is 1. The highest BCUT2D eigenvalue weighted by Crippen LogP contribution is 2.16. The molecule has 0 N–H and O–H groups in total. The van der Waals surface area contributed by atoms with Gasteiger partial charge in [-0.3, -0.25) is 9.59 Å². The normalized spacial score (nSPS) is 20.7. The number of ketones is 1. The first kappa shape index (κ1) is 13.5. The van der Waals surface area contributed by atoms with Crippen molar-refractivity contribution < 1.29 is 23.9 Å². The highest BCUT2D eigenvalue weighted by Gasteiger charge is 2.32. The third-order valence-corrected chi connectivity index (χ3v) is 2.72. The van der Waals surface area contributed by atoms with Gasteiger partial charge in [0.2, 0.25) is 0 Å². The minimum absolute atomic E-state index is 0.165. The number of carbonyl (C=O) groups excluding carboxylic acids is 3. The van der Waals surface area contributed by atoms with E-state index in [1.165, 1.54) is 12.0 Å². The number of carbonyl (C=O) groups is 3. The number of methoxy groups -OCH3 is 1. The molecule has 1 amide bonds. The summed E-state index contributed by atoms with van der Waals surface area (Å²) in [5, 5.41) is 0. The second kappa shape index (κ2) is 6.22. The maximum Gasteiger partial charge on any atom is 0.409 e. The van der Waals surface area contributed by atoms with Crippen molar-refractivity contribution in [3.8, 4) is 0 Å². The molecule has 1 rings (SSSR count). The summed E-state index contributed by atoms with van der Waals surface area (Å²) in [4.78, 5) is 35.9. The lowest BCUT2D eigenvalue weighted by atomic mass is 10.00. The summed E-state index contributed by atoms with van der Waals surface area (Å²) in [5.41, 5.74) is 0. The molecule has 0 aliphatic carbocycles. The van der Waals surface area contributed by atoms with Gasteiger partial charge < -0.3 is 14.4 Å². The summed E-state index contributed by atoms with van der Waals surface area (Å²) in [5.74, 6) is -1.45. The third-order valence-electron chi connectivity index (χ3n) is 2.72. The van der Waals surface area contributed by atoms with Gasteiger partial charge in [-0.05, 0) is 13.3 Å². The Balaban J connectivity index is 2.62. The molecule has 1 atom stereocenters. The van der Waals surface area contributed by atoms with E-state index in [9.17, 15) is 14.4 Å². The van der Waals surface area contributed by atoms with E-state index < -0.39 is 18.0 Å². The SMILES string of the molecule is CCOC(=O)N1CCC(=O)C(C(=O)OC)CC1. The number of esters is 1. The molecule has 0 radical (unpaired) electrons. The largest absolute Gasteiger partial charge is 0.468 e. The van der Waals surface area contributed by atoms with Crippen LogP contribution in [0.15, 0.2) is 0 Å². The van der Waals surface area contributed by atoms with Crippen molar-refractivity contribution in [1.82, 2.24) is 4.90 Å². The fraction of sp³-hybridized carbons (Fsp3) is 0.727. The van der Waals surface area contributed by atoms with Crippen molar-refractivity contribution in [2.75, 3.05) is 26.8 Å². The van der Waals surface area contributed by atoms with E-state index in [1.54, 1.807) is 6.92 Å². The van der Waals surface area contributed by atoms with Gasteiger partial charge in [0.25, 0.3) is 0 Å². The summed E-state index contributed by atoms with van der Waals surface area (Å²) in [7, 11) is 1.25. The van der Waals surface area contributed by atoms with Gasteiger partial charge in [-0.2, -0.15) is 0 Å². The molecule has 0 bridgehead atoms. The average molecular weight is 243 g/mol. The number of hydrogen-bond acceptors (Lipinski definition) is 5. The van der Waals surface area contributed by atoms with E-state index in [1.807, 2.05) is 0 Å². The van der Waals surface area contributed by atoms with Gasteiger partial charge in [-0.15, -0.1) is 0 Å². The van der Waals surface area contributed by atoms with Gasteiger partial charge in [0.15, 0.2) is 0 Å². The van der Waals surface area contributed by atoms with Crippen molar-refractivity contribution >= 4 is 17.8 Å². The Hall–Kier alpha value is -1.59. The van der Waals surface area contributed by atoms with E-state index in [4.69, 9.17) is 4.74 Å². The molecule has 6 heteroatoms. The number of hydrogen-bond donors (Lipinski definition) is 0. The van der Waals surface area contributed by atoms with Gasteiger partial charge in [0, 0.05) is 19.5 Å². The fourth-order valence-electron chi connectivity index (χ4n) is 1.77. The van der Waals surface area contributed by atoms with E-state index in [0.29, 0.717) is 26.1 Å². The van der Waals surface area contributed by atoms with Crippen molar-refractivity contribution in [3.05, 3.63) is 0 Å². The molecule has 0 aromatic heterocycles. The second-order valence-electron chi connectivity index (χ2n) is 3.77. The maximum atomic E-state index is 11.7. The number of nitrogens with zero attached hydrogens (tertiary/aromatic N) is 1. The quantitative estimate of drug-likeness (QED) is 0.524. The van der Waals surface area contributed by atoms with Gasteiger partial charge >= 0.3 is 12.1 Å². The lowest BCUT2D eigenvalue weighted by molar-refractivity contribution is -0.149. The predicted octanol–water partition coefficient (Wildman–Crippen LogP) is 0.597. The van der Waals surface area contributed by atoms with Crippen LogP contribution >= 0.6 is 0 Å². The van der Waals surface area contributed by atoms with Crippen LogP contribution in [-0.2, 0) is 19.1 Å². The smallest absolute Gasteiger partial charge is 0.409 e. The molecule has 17 heavy (non-hydrogen) atoms. The predicted molar refractivity (Wildman–Crippen MR) is 58.3 cm³/mol. The second-order valence-corrected chi connectivity index (χ2v) is 3.77. The minimum atomic E-state index is -0.751. The average Bonchev–Trinajstić information content (AvgIpc) is 2.51. The first-order chi connectivity index (χ1) is 8.10. The zero-order chi connectivity index (χ0) is 12.8. The number of rotatable bonds is 2. The Labute approximate surface area is 99.9 Å². The molecule has 1 saturated heterocycles. The summed E-state index contributed by atoms with van der Waals surface area (Å²) in [6.07, 6.45) is 0.0222. The van der Waals surface area contributed by atoms with Crippen LogP contribution in [0.5, 0.6) is 0 Å². The van der Waals surface area contributed by atoms with Gasteiger partial charge in [0.05, 0.1) is 13.7 Å². The van der Waals surface area contributed by atoms with E-state index in [2.05, 4.69) is 4.74 Å². The molecular weight excluding hydrogens is 226 g/mol. The van der Waals surface area contributed by atoms with Crippen LogP contribution in [0.25, 0.3) is 0 Å². The topological polar surface area (TPSA) is 72.9 Å². The van der Waals surface area contributed by atoms with Gasteiger partial charge in [0.1, 0.15) is 11.7 Å². The maximum absolute atomic E-state index is 11.7. The highest BCUT2D eigenvalue weighted by molar-refractivity contribution is 5.99. The van der Waals surface area contributed by atoms with Crippen LogP contribution in [0.4, 0.5) is 4.79 Å². The monoisotopic (exact) mass is 243 g/mol. The first-order valence-corrected chi connectivity index (χ1v) is 5.62. The molecule has 1 aliphatic heterocycles. The Kier molecular flexibility index (Phi) is 4.93. The molecular formula is C11H17NO5. The molecule has 0 saturated carbocycles. The zero-order valence-corrected chi connectivity index (χ0v) is 10.1. The molecule has 0 aromatic carbocycles. The number of Topliss-reactive ketones (excluding diaryl/α,β-unsaturated/α-hetero) is 1. The van der Waals surface area contributed by atoms with E-state index in [-0.39, 0.29) is 12.2 Å². The lowest BCUT2D eigenvalue weighted by Crippen LogP contribution is -2.32. The van der Waals surface area contributed by atoms with Crippen LogP contribution in [-0.4, -0.2) is 49.6 Å². The van der Waals surface area contributed by atoms with Crippen molar-refractivity contribution in [3.63, 3.8) is 0 Å². The molecule has 1 aliphatic rings. The standard InChI is InChI=1S/C11H17NO5/c1-3-17-11(15)12-6-4-8(10(14)16-2)9(13)5-7-12/h8H,3-7H2,1-2H3. The van der Waals surface area contributed by atoms with Crippen molar-refractivity contribution in [1.29, 1.82) is 0 Å². The van der Waals surface area contributed by atoms with Crippen LogP contribution in [0.1, 0.15) is 19.8 Å². The Morgan fingerprint density at radius 1 is 1.41 bits per heavy atom. The molecule has 96 valence electrons. The molecule has 1 heterocycles. The van der Waals surface area contributed by atoms with Crippen molar-refractivity contribution in [2.24, 2.45) is 5.92 Å². The van der Waals surface area contributed by atoms with Crippen LogP contribution in [0, 0.1) is 5.92 Å². The molecule has 1 unspecified atom stereocenters. The summed E-state index contributed by atoms with van der Waals surface area (Å²) in [6.45, 7) is 2.65. The number of likely N-dealkylation sites (tertiary alicyclic amines) is 1. The Morgan fingerprint density at radius 3 is 2.71 bits per heavy atom. The van der Waals surface area contributed by atoms with Gasteiger partial charge in [-0.25, -0.2) is 4.79 Å². The summed E-state index contributed by atoms with van der Waals surface area (Å²) in [6, 6.07) is 0. The van der Waals surface area contributed by atoms with Crippen LogP contribution in [0.2, 0.25) is 0 Å². The summed E-state index contributed by atoms with van der Waals surface area (Å²) < 4.78 is 9.42. The third kappa shape index (κ3) is 3.44. The molecule has 0 spiro atoms. The van der Waals surface area contributed by atoms with E-state index in [0.717, 1.165) is 0 Å².